The fourth-order valence-corrected chi connectivity index (χ4v) is 2.06. The van der Waals surface area contributed by atoms with Crippen molar-refractivity contribution in [3.8, 4) is 5.75 Å². The molecule has 1 unspecified atom stereocenters. The van der Waals surface area contributed by atoms with E-state index in [-0.39, 0.29) is 17.7 Å². The summed E-state index contributed by atoms with van der Waals surface area (Å²) in [5, 5.41) is 15.6. The van der Waals surface area contributed by atoms with Crippen LogP contribution in [-0.2, 0) is 4.79 Å². The number of carbonyl (C=O) groups is 1. The Morgan fingerprint density at radius 1 is 1.41 bits per heavy atom. The van der Waals surface area contributed by atoms with Crippen LogP contribution in [0.4, 0.5) is 5.69 Å². The summed E-state index contributed by atoms with van der Waals surface area (Å²) in [6.45, 7) is 4.60. The number of phenolic OH excluding ortho intramolecular Hbond substituents is 1. The molecule has 17 heavy (non-hydrogen) atoms. The monoisotopic (exact) mass is 234 g/mol. The minimum absolute atomic E-state index is 0.00990. The maximum absolute atomic E-state index is 11.9. The Kier molecular flexibility index (Phi) is 3.33. The number of aryl methyl sites for hydroxylation is 2. The largest absolute Gasteiger partial charge is 0.508 e. The lowest BCUT2D eigenvalue weighted by Crippen LogP contribution is -2.35. The summed E-state index contributed by atoms with van der Waals surface area (Å²) in [5.41, 5.74) is 2.42. The number of hydrogen-bond acceptors (Lipinski definition) is 3. The molecule has 0 bridgehead atoms. The molecule has 92 valence electrons. The van der Waals surface area contributed by atoms with Gasteiger partial charge in [0.1, 0.15) is 5.75 Å². The molecule has 1 amide bonds. The molecule has 0 radical (unpaired) electrons. The maximum Gasteiger partial charge on any atom is 0.241 e. The summed E-state index contributed by atoms with van der Waals surface area (Å²) in [6.07, 6.45) is 1.94. The lowest BCUT2D eigenvalue weighted by atomic mass is 10.1. The predicted molar refractivity (Wildman–Crippen MR) is 67.2 cm³/mol. The van der Waals surface area contributed by atoms with Crippen molar-refractivity contribution in [1.29, 1.82) is 0 Å². The van der Waals surface area contributed by atoms with E-state index in [1.165, 1.54) is 0 Å². The van der Waals surface area contributed by atoms with E-state index < -0.39 is 0 Å². The third-order valence-electron chi connectivity index (χ3n) is 3.18. The molecule has 1 aromatic rings. The van der Waals surface area contributed by atoms with Crippen molar-refractivity contribution < 1.29 is 9.90 Å². The molecule has 4 heteroatoms. The van der Waals surface area contributed by atoms with E-state index in [9.17, 15) is 9.90 Å². The topological polar surface area (TPSA) is 61.4 Å². The van der Waals surface area contributed by atoms with Gasteiger partial charge in [-0.25, -0.2) is 0 Å². The van der Waals surface area contributed by atoms with Crippen LogP contribution in [0.25, 0.3) is 0 Å². The van der Waals surface area contributed by atoms with Crippen molar-refractivity contribution in [1.82, 2.24) is 5.32 Å². The van der Waals surface area contributed by atoms with E-state index in [2.05, 4.69) is 10.6 Å². The number of carbonyl (C=O) groups excluding carboxylic acids is 1. The standard InChI is InChI=1S/C13H18N2O2/c1-8-7-12(16)9(2)6-11(8)15-13(17)10-4-3-5-14-10/h6-7,10,14,16H,3-5H2,1-2H3,(H,15,17). The number of phenols is 1. The predicted octanol–water partition coefficient (Wildman–Crippen LogP) is 1.70. The molecule has 2 rings (SSSR count). The fraction of sp³-hybridized carbons (Fsp3) is 0.462. The molecule has 1 fully saturated rings. The van der Waals surface area contributed by atoms with Crippen molar-refractivity contribution in [2.24, 2.45) is 0 Å². The third-order valence-corrected chi connectivity index (χ3v) is 3.18. The molecule has 1 saturated heterocycles. The Hall–Kier alpha value is -1.55. The van der Waals surface area contributed by atoms with Gasteiger partial charge in [0, 0.05) is 5.69 Å². The highest BCUT2D eigenvalue weighted by Crippen LogP contribution is 2.25. The molecule has 0 aliphatic carbocycles. The van der Waals surface area contributed by atoms with E-state index in [1.54, 1.807) is 12.1 Å². The van der Waals surface area contributed by atoms with Gasteiger partial charge in [0.05, 0.1) is 6.04 Å². The van der Waals surface area contributed by atoms with Gasteiger partial charge in [-0.05, 0) is 56.5 Å². The summed E-state index contributed by atoms with van der Waals surface area (Å²) >= 11 is 0. The molecule has 0 saturated carbocycles. The third kappa shape index (κ3) is 2.58. The molecular formula is C13H18N2O2. The zero-order chi connectivity index (χ0) is 12.4. The van der Waals surface area contributed by atoms with E-state index >= 15 is 0 Å². The van der Waals surface area contributed by atoms with Gasteiger partial charge in [-0.3, -0.25) is 4.79 Å². The summed E-state index contributed by atoms with van der Waals surface area (Å²) in [4.78, 5) is 11.9. The number of rotatable bonds is 2. The normalized spacial score (nSPS) is 19.3. The SMILES string of the molecule is Cc1cc(NC(=O)C2CCCN2)c(C)cc1O. The van der Waals surface area contributed by atoms with Gasteiger partial charge < -0.3 is 15.7 Å². The van der Waals surface area contributed by atoms with Crippen molar-refractivity contribution in [2.45, 2.75) is 32.7 Å². The fourth-order valence-electron chi connectivity index (χ4n) is 2.06. The second kappa shape index (κ2) is 4.75. The van der Waals surface area contributed by atoms with Gasteiger partial charge in [-0.15, -0.1) is 0 Å². The Bertz CT molecular complexity index is 437. The van der Waals surface area contributed by atoms with Gasteiger partial charge in [0.25, 0.3) is 0 Å². The van der Waals surface area contributed by atoms with E-state index in [1.807, 2.05) is 13.8 Å². The van der Waals surface area contributed by atoms with Crippen LogP contribution in [0.5, 0.6) is 5.75 Å². The Balaban J connectivity index is 2.12. The number of anilines is 1. The lowest BCUT2D eigenvalue weighted by molar-refractivity contribution is -0.117. The number of nitrogens with one attached hydrogen (secondary N) is 2. The molecule has 1 aromatic carbocycles. The van der Waals surface area contributed by atoms with E-state index in [4.69, 9.17) is 0 Å². The molecule has 1 atom stereocenters. The summed E-state index contributed by atoms with van der Waals surface area (Å²) in [7, 11) is 0. The van der Waals surface area contributed by atoms with Crippen LogP contribution < -0.4 is 10.6 Å². The van der Waals surface area contributed by atoms with Gasteiger partial charge in [-0.1, -0.05) is 0 Å². The Morgan fingerprint density at radius 2 is 2.18 bits per heavy atom. The summed E-state index contributed by atoms with van der Waals surface area (Å²) in [6, 6.07) is 3.40. The maximum atomic E-state index is 11.9. The van der Waals surface area contributed by atoms with Crippen molar-refractivity contribution in [3.05, 3.63) is 23.3 Å². The van der Waals surface area contributed by atoms with Gasteiger partial charge >= 0.3 is 0 Å². The van der Waals surface area contributed by atoms with Crippen LogP contribution in [0, 0.1) is 13.8 Å². The second-order valence-electron chi connectivity index (χ2n) is 4.59. The molecular weight excluding hydrogens is 216 g/mol. The quantitative estimate of drug-likeness (QED) is 0.682. The molecule has 1 aliphatic heterocycles. The molecule has 0 spiro atoms. The first-order valence-corrected chi connectivity index (χ1v) is 5.92. The Morgan fingerprint density at radius 3 is 2.82 bits per heavy atom. The van der Waals surface area contributed by atoms with Crippen LogP contribution in [0.2, 0.25) is 0 Å². The highest BCUT2D eigenvalue weighted by molar-refractivity contribution is 5.95. The molecule has 0 aromatic heterocycles. The van der Waals surface area contributed by atoms with Gasteiger partial charge in [-0.2, -0.15) is 0 Å². The molecule has 1 heterocycles. The number of amides is 1. The van der Waals surface area contributed by atoms with Gasteiger partial charge in [0.2, 0.25) is 5.91 Å². The number of benzene rings is 1. The van der Waals surface area contributed by atoms with Gasteiger partial charge in [0.15, 0.2) is 0 Å². The second-order valence-corrected chi connectivity index (χ2v) is 4.59. The van der Waals surface area contributed by atoms with E-state index in [0.717, 1.165) is 36.2 Å². The molecule has 1 aliphatic rings. The molecule has 3 N–H and O–H groups in total. The first kappa shape index (κ1) is 11.9. The first-order valence-electron chi connectivity index (χ1n) is 5.92. The van der Waals surface area contributed by atoms with Crippen LogP contribution >= 0.6 is 0 Å². The minimum Gasteiger partial charge on any atom is -0.508 e. The highest BCUT2D eigenvalue weighted by Gasteiger charge is 2.22. The minimum atomic E-state index is -0.0801. The Labute approximate surface area is 101 Å². The molecule has 4 nitrogen and oxygen atoms in total. The van der Waals surface area contributed by atoms with Crippen LogP contribution in [0.3, 0.4) is 0 Å². The van der Waals surface area contributed by atoms with E-state index in [0.29, 0.717) is 0 Å². The van der Waals surface area contributed by atoms with Crippen LogP contribution in [0.15, 0.2) is 12.1 Å². The zero-order valence-electron chi connectivity index (χ0n) is 10.2. The smallest absolute Gasteiger partial charge is 0.241 e. The number of aromatic hydroxyl groups is 1. The highest BCUT2D eigenvalue weighted by atomic mass is 16.3. The number of hydrogen-bond donors (Lipinski definition) is 3. The lowest BCUT2D eigenvalue weighted by Gasteiger charge is -2.14. The van der Waals surface area contributed by atoms with Crippen molar-refractivity contribution >= 4 is 11.6 Å². The van der Waals surface area contributed by atoms with Crippen molar-refractivity contribution in [2.75, 3.05) is 11.9 Å². The summed E-state index contributed by atoms with van der Waals surface area (Å²) in [5.74, 6) is 0.273. The first-order chi connectivity index (χ1) is 8.08. The summed E-state index contributed by atoms with van der Waals surface area (Å²) < 4.78 is 0. The van der Waals surface area contributed by atoms with Crippen LogP contribution in [0.1, 0.15) is 24.0 Å². The van der Waals surface area contributed by atoms with Crippen molar-refractivity contribution in [3.63, 3.8) is 0 Å². The average molecular weight is 234 g/mol. The average Bonchev–Trinajstić information content (AvgIpc) is 2.79. The van der Waals surface area contributed by atoms with Crippen LogP contribution in [-0.4, -0.2) is 23.6 Å². The zero-order valence-corrected chi connectivity index (χ0v) is 10.2.